The Morgan fingerprint density at radius 1 is 1.35 bits per heavy atom. The van der Waals surface area contributed by atoms with Gasteiger partial charge in [0.2, 0.25) is 0 Å². The average Bonchev–Trinajstić information content (AvgIpc) is 2.37. The van der Waals surface area contributed by atoms with E-state index in [2.05, 4.69) is 17.2 Å². The first-order valence-electron chi connectivity index (χ1n) is 5.87. The van der Waals surface area contributed by atoms with Crippen molar-refractivity contribution in [2.45, 2.75) is 19.8 Å². The summed E-state index contributed by atoms with van der Waals surface area (Å²) in [5.74, 6) is -0.0547. The Morgan fingerprint density at radius 3 is 2.82 bits per heavy atom. The maximum atomic E-state index is 11.8. The van der Waals surface area contributed by atoms with Gasteiger partial charge in [0, 0.05) is 18.1 Å². The highest BCUT2D eigenvalue weighted by Gasteiger charge is 2.10. The fourth-order valence-corrected chi connectivity index (χ4v) is 1.94. The Labute approximate surface area is 101 Å². The summed E-state index contributed by atoms with van der Waals surface area (Å²) >= 11 is 0. The summed E-state index contributed by atoms with van der Waals surface area (Å²) in [6, 6.07) is 9.64. The summed E-state index contributed by atoms with van der Waals surface area (Å²) in [7, 11) is 1.65. The van der Waals surface area contributed by atoms with Crippen molar-refractivity contribution in [3.63, 3.8) is 0 Å². The SMILES string of the molecule is CCCc1cc(C(=O)NC)c2ccccc2n1. The number of aromatic nitrogens is 1. The summed E-state index contributed by atoms with van der Waals surface area (Å²) in [6.07, 6.45) is 1.92. The molecule has 0 radical (unpaired) electrons. The molecule has 88 valence electrons. The van der Waals surface area contributed by atoms with Crippen LogP contribution < -0.4 is 5.32 Å². The van der Waals surface area contributed by atoms with Gasteiger partial charge in [0.25, 0.3) is 5.91 Å². The van der Waals surface area contributed by atoms with Crippen LogP contribution in [0.15, 0.2) is 30.3 Å². The Hall–Kier alpha value is -1.90. The van der Waals surface area contributed by atoms with Gasteiger partial charge in [-0.15, -0.1) is 0 Å². The van der Waals surface area contributed by atoms with Crippen LogP contribution in [0.25, 0.3) is 10.9 Å². The number of nitrogens with zero attached hydrogens (tertiary/aromatic N) is 1. The van der Waals surface area contributed by atoms with Gasteiger partial charge >= 0.3 is 0 Å². The lowest BCUT2D eigenvalue weighted by molar-refractivity contribution is 0.0964. The van der Waals surface area contributed by atoms with Gasteiger partial charge in [-0.1, -0.05) is 31.5 Å². The Balaban J connectivity index is 2.64. The van der Waals surface area contributed by atoms with E-state index in [4.69, 9.17) is 0 Å². The number of hydrogen-bond donors (Lipinski definition) is 1. The van der Waals surface area contributed by atoms with E-state index < -0.39 is 0 Å². The topological polar surface area (TPSA) is 42.0 Å². The number of nitrogens with one attached hydrogen (secondary N) is 1. The van der Waals surface area contributed by atoms with Crippen LogP contribution in [-0.4, -0.2) is 17.9 Å². The van der Waals surface area contributed by atoms with E-state index >= 15 is 0 Å². The molecule has 0 bridgehead atoms. The number of pyridine rings is 1. The van der Waals surface area contributed by atoms with E-state index in [-0.39, 0.29) is 5.91 Å². The second-order valence-electron chi connectivity index (χ2n) is 4.01. The Morgan fingerprint density at radius 2 is 2.12 bits per heavy atom. The van der Waals surface area contributed by atoms with Gasteiger partial charge in [0.15, 0.2) is 0 Å². The predicted octanol–water partition coefficient (Wildman–Crippen LogP) is 2.55. The van der Waals surface area contributed by atoms with Crippen molar-refractivity contribution in [3.8, 4) is 0 Å². The van der Waals surface area contributed by atoms with Crippen LogP contribution in [0.3, 0.4) is 0 Å². The Kier molecular flexibility index (Phi) is 3.38. The van der Waals surface area contributed by atoms with E-state index in [9.17, 15) is 4.79 Å². The highest BCUT2D eigenvalue weighted by atomic mass is 16.1. The molecule has 0 spiro atoms. The monoisotopic (exact) mass is 228 g/mol. The molecule has 2 rings (SSSR count). The van der Waals surface area contributed by atoms with Crippen molar-refractivity contribution in [1.29, 1.82) is 0 Å². The molecule has 0 aliphatic heterocycles. The van der Waals surface area contributed by atoms with Crippen molar-refractivity contribution in [1.82, 2.24) is 10.3 Å². The molecule has 0 saturated heterocycles. The molecule has 1 aromatic heterocycles. The van der Waals surface area contributed by atoms with Crippen LogP contribution >= 0.6 is 0 Å². The van der Waals surface area contributed by atoms with Gasteiger partial charge < -0.3 is 5.32 Å². The molecular weight excluding hydrogens is 212 g/mol. The van der Waals surface area contributed by atoms with Gasteiger partial charge in [-0.3, -0.25) is 9.78 Å². The zero-order valence-corrected chi connectivity index (χ0v) is 10.2. The smallest absolute Gasteiger partial charge is 0.251 e. The second-order valence-corrected chi connectivity index (χ2v) is 4.01. The van der Waals surface area contributed by atoms with Gasteiger partial charge in [0.1, 0.15) is 0 Å². The lowest BCUT2D eigenvalue weighted by Crippen LogP contribution is -2.18. The molecule has 17 heavy (non-hydrogen) atoms. The minimum atomic E-state index is -0.0547. The van der Waals surface area contributed by atoms with E-state index in [1.165, 1.54) is 0 Å². The van der Waals surface area contributed by atoms with Crippen LogP contribution in [0.1, 0.15) is 29.4 Å². The van der Waals surface area contributed by atoms with Crippen molar-refractivity contribution < 1.29 is 4.79 Å². The maximum absolute atomic E-state index is 11.8. The molecule has 3 heteroatoms. The van der Waals surface area contributed by atoms with Crippen molar-refractivity contribution >= 4 is 16.8 Å². The van der Waals surface area contributed by atoms with Gasteiger partial charge in [-0.25, -0.2) is 0 Å². The molecule has 0 atom stereocenters. The first kappa shape index (κ1) is 11.6. The van der Waals surface area contributed by atoms with Crippen LogP contribution in [0.2, 0.25) is 0 Å². The summed E-state index contributed by atoms with van der Waals surface area (Å²) in [5, 5.41) is 3.59. The number of fused-ring (bicyclic) bond motifs is 1. The number of amides is 1. The quantitative estimate of drug-likeness (QED) is 0.877. The van der Waals surface area contributed by atoms with E-state index in [0.29, 0.717) is 5.56 Å². The largest absolute Gasteiger partial charge is 0.355 e. The maximum Gasteiger partial charge on any atom is 0.251 e. The number of rotatable bonds is 3. The number of aryl methyl sites for hydroxylation is 1. The lowest BCUT2D eigenvalue weighted by atomic mass is 10.1. The number of para-hydroxylation sites is 1. The molecule has 0 aliphatic carbocycles. The van der Waals surface area contributed by atoms with Crippen LogP contribution in [-0.2, 0) is 6.42 Å². The van der Waals surface area contributed by atoms with Crippen LogP contribution in [0.4, 0.5) is 0 Å². The third-order valence-corrected chi connectivity index (χ3v) is 2.75. The molecule has 0 unspecified atom stereocenters. The molecule has 0 fully saturated rings. The summed E-state index contributed by atoms with van der Waals surface area (Å²) in [6.45, 7) is 2.11. The fourth-order valence-electron chi connectivity index (χ4n) is 1.94. The minimum Gasteiger partial charge on any atom is -0.355 e. The molecular formula is C14H16N2O. The van der Waals surface area contributed by atoms with Crippen LogP contribution in [0.5, 0.6) is 0 Å². The van der Waals surface area contributed by atoms with E-state index in [1.54, 1.807) is 7.05 Å². The normalized spacial score (nSPS) is 10.5. The van der Waals surface area contributed by atoms with Crippen LogP contribution in [0, 0.1) is 0 Å². The highest BCUT2D eigenvalue weighted by molar-refractivity contribution is 6.06. The third kappa shape index (κ3) is 2.28. The molecule has 1 aromatic carbocycles. The minimum absolute atomic E-state index is 0.0547. The van der Waals surface area contributed by atoms with Crippen molar-refractivity contribution in [3.05, 3.63) is 41.6 Å². The van der Waals surface area contributed by atoms with Crippen molar-refractivity contribution in [2.24, 2.45) is 0 Å². The molecule has 0 aliphatic rings. The highest BCUT2D eigenvalue weighted by Crippen LogP contribution is 2.19. The third-order valence-electron chi connectivity index (χ3n) is 2.75. The van der Waals surface area contributed by atoms with Gasteiger partial charge in [-0.2, -0.15) is 0 Å². The van der Waals surface area contributed by atoms with Gasteiger partial charge in [0.05, 0.1) is 11.1 Å². The molecule has 2 aromatic rings. The molecule has 1 heterocycles. The van der Waals surface area contributed by atoms with E-state index in [1.807, 2.05) is 30.3 Å². The predicted molar refractivity (Wildman–Crippen MR) is 69.1 cm³/mol. The fraction of sp³-hybridized carbons (Fsp3) is 0.286. The zero-order chi connectivity index (χ0) is 12.3. The molecule has 1 N–H and O–H groups in total. The summed E-state index contributed by atoms with van der Waals surface area (Å²) < 4.78 is 0. The van der Waals surface area contributed by atoms with Crippen molar-refractivity contribution in [2.75, 3.05) is 7.05 Å². The van der Waals surface area contributed by atoms with E-state index in [0.717, 1.165) is 29.4 Å². The first-order valence-corrected chi connectivity index (χ1v) is 5.87. The summed E-state index contributed by atoms with van der Waals surface area (Å²) in [4.78, 5) is 16.4. The lowest BCUT2D eigenvalue weighted by Gasteiger charge is -2.07. The standard InChI is InChI=1S/C14H16N2O/c1-3-6-10-9-12(14(17)15-2)11-7-4-5-8-13(11)16-10/h4-5,7-9H,3,6H2,1-2H3,(H,15,17). The zero-order valence-electron chi connectivity index (χ0n) is 10.2. The Bertz CT molecular complexity index is 549. The molecule has 1 amide bonds. The first-order chi connectivity index (χ1) is 8.26. The second kappa shape index (κ2) is 4.95. The number of carbonyl (C=O) groups excluding carboxylic acids is 1. The number of hydrogen-bond acceptors (Lipinski definition) is 2. The summed E-state index contributed by atoms with van der Waals surface area (Å²) in [5.41, 5.74) is 2.57. The average molecular weight is 228 g/mol. The number of benzene rings is 1. The molecule has 0 saturated carbocycles. The van der Waals surface area contributed by atoms with Gasteiger partial charge in [-0.05, 0) is 18.6 Å². The number of carbonyl (C=O) groups is 1. The molecule has 3 nitrogen and oxygen atoms in total.